The molecule has 5 heteroatoms. The largest absolute Gasteiger partial charge is 0.478 e. The molecule has 0 aliphatic rings. The third-order valence-corrected chi connectivity index (χ3v) is 2.85. The number of carboxylic acids is 1. The lowest BCUT2D eigenvalue weighted by molar-refractivity contribution is -0.131. The second-order valence-corrected chi connectivity index (χ2v) is 4.51. The second-order valence-electron chi connectivity index (χ2n) is 4.51. The Bertz CT molecular complexity index is 510. The number of amides is 1. The number of nitrogens with one attached hydrogen (secondary N) is 1. The third kappa shape index (κ3) is 5.14. The van der Waals surface area contributed by atoms with E-state index in [0.717, 1.165) is 25.3 Å². The molecule has 20 heavy (non-hydrogen) atoms. The van der Waals surface area contributed by atoms with Crippen molar-refractivity contribution in [2.75, 3.05) is 11.1 Å². The summed E-state index contributed by atoms with van der Waals surface area (Å²) >= 11 is 0. The number of hydrogen-bond donors (Lipinski definition) is 3. The fraction of sp³-hybridized carbons (Fsp3) is 0.333. The van der Waals surface area contributed by atoms with E-state index in [1.54, 1.807) is 24.3 Å². The van der Waals surface area contributed by atoms with Crippen molar-refractivity contribution in [3.63, 3.8) is 0 Å². The number of nitrogens with two attached hydrogens (primary N) is 1. The Balaban J connectivity index is 2.78. The van der Waals surface area contributed by atoms with Gasteiger partial charge in [-0.3, -0.25) is 4.79 Å². The predicted octanol–water partition coefficient (Wildman–Crippen LogP) is 2.80. The zero-order valence-corrected chi connectivity index (χ0v) is 11.6. The quantitative estimate of drug-likeness (QED) is 0.405. The summed E-state index contributed by atoms with van der Waals surface area (Å²) in [6.45, 7) is 2.05. The van der Waals surface area contributed by atoms with Crippen LogP contribution < -0.4 is 11.1 Å². The molecule has 0 aromatic heterocycles. The van der Waals surface area contributed by atoms with E-state index in [1.165, 1.54) is 0 Å². The minimum Gasteiger partial charge on any atom is -0.478 e. The van der Waals surface area contributed by atoms with Crippen molar-refractivity contribution < 1.29 is 14.7 Å². The molecule has 0 spiro atoms. The van der Waals surface area contributed by atoms with Gasteiger partial charge >= 0.3 is 5.97 Å². The number of nitrogen functional groups attached to an aromatic ring is 1. The molecule has 0 unspecified atom stereocenters. The van der Waals surface area contributed by atoms with Gasteiger partial charge in [0.25, 0.3) is 5.91 Å². The van der Waals surface area contributed by atoms with Crippen LogP contribution in [0.3, 0.4) is 0 Å². The highest BCUT2D eigenvalue weighted by Crippen LogP contribution is 2.19. The second kappa shape index (κ2) is 7.99. The number of unbranched alkanes of at least 4 members (excludes halogenated alkanes) is 2. The highest BCUT2D eigenvalue weighted by molar-refractivity contribution is 6.07. The Hall–Kier alpha value is -2.30. The first-order valence-electron chi connectivity index (χ1n) is 6.64. The first-order chi connectivity index (χ1) is 9.54. The number of carboxylic acid groups (broad SMARTS) is 1. The van der Waals surface area contributed by atoms with E-state index >= 15 is 0 Å². The van der Waals surface area contributed by atoms with Crippen LogP contribution >= 0.6 is 0 Å². The molecule has 0 heterocycles. The molecular weight excluding hydrogens is 256 g/mol. The van der Waals surface area contributed by atoms with E-state index in [1.807, 2.05) is 6.92 Å². The van der Waals surface area contributed by atoms with Crippen LogP contribution in [0.15, 0.2) is 35.9 Å². The molecule has 0 aliphatic carbocycles. The molecule has 4 N–H and O–H groups in total. The Labute approximate surface area is 118 Å². The molecule has 0 atom stereocenters. The molecule has 108 valence electrons. The van der Waals surface area contributed by atoms with Crippen LogP contribution in [0.5, 0.6) is 0 Å². The van der Waals surface area contributed by atoms with E-state index in [0.29, 0.717) is 17.8 Å². The summed E-state index contributed by atoms with van der Waals surface area (Å²) in [5.74, 6) is -1.53. The summed E-state index contributed by atoms with van der Waals surface area (Å²) in [6.07, 6.45) is 4.15. The van der Waals surface area contributed by atoms with Crippen LogP contribution in [0.4, 0.5) is 11.4 Å². The van der Waals surface area contributed by atoms with Crippen LogP contribution in [-0.2, 0) is 9.59 Å². The van der Waals surface area contributed by atoms with Crippen molar-refractivity contribution in [3.05, 3.63) is 35.9 Å². The minimum atomic E-state index is -1.12. The molecule has 0 saturated heterocycles. The summed E-state index contributed by atoms with van der Waals surface area (Å²) in [4.78, 5) is 22.9. The molecule has 1 amide bonds. The van der Waals surface area contributed by atoms with E-state index < -0.39 is 11.9 Å². The zero-order chi connectivity index (χ0) is 15.0. The van der Waals surface area contributed by atoms with Gasteiger partial charge in [0, 0.05) is 11.6 Å². The van der Waals surface area contributed by atoms with Gasteiger partial charge in [0.2, 0.25) is 0 Å². The summed E-state index contributed by atoms with van der Waals surface area (Å²) < 4.78 is 0. The Morgan fingerprint density at radius 1 is 1.30 bits per heavy atom. The number of para-hydroxylation sites is 2. The average Bonchev–Trinajstić information content (AvgIpc) is 2.40. The topological polar surface area (TPSA) is 92.4 Å². The summed E-state index contributed by atoms with van der Waals surface area (Å²) in [5, 5.41) is 11.5. The van der Waals surface area contributed by atoms with Gasteiger partial charge in [-0.2, -0.15) is 0 Å². The van der Waals surface area contributed by atoms with Crippen LogP contribution in [0.2, 0.25) is 0 Å². The predicted molar refractivity (Wildman–Crippen MR) is 79.3 cm³/mol. The van der Waals surface area contributed by atoms with Gasteiger partial charge in [0.05, 0.1) is 11.4 Å². The Morgan fingerprint density at radius 2 is 2.00 bits per heavy atom. The number of carbonyl (C=O) groups excluding carboxylic acids is 1. The van der Waals surface area contributed by atoms with Crippen molar-refractivity contribution in [2.45, 2.75) is 32.6 Å². The number of anilines is 2. The van der Waals surface area contributed by atoms with Gasteiger partial charge in [-0.25, -0.2) is 4.79 Å². The Morgan fingerprint density at radius 3 is 2.60 bits per heavy atom. The summed E-state index contributed by atoms with van der Waals surface area (Å²) in [6, 6.07) is 6.87. The molecule has 0 fully saturated rings. The van der Waals surface area contributed by atoms with Gasteiger partial charge in [-0.1, -0.05) is 31.9 Å². The number of hydrogen-bond acceptors (Lipinski definition) is 3. The van der Waals surface area contributed by atoms with E-state index in [-0.39, 0.29) is 5.57 Å². The smallest absolute Gasteiger partial charge is 0.328 e. The maximum absolute atomic E-state index is 12.1. The zero-order valence-electron chi connectivity index (χ0n) is 11.6. The monoisotopic (exact) mass is 276 g/mol. The highest BCUT2D eigenvalue weighted by Gasteiger charge is 2.12. The van der Waals surface area contributed by atoms with Crippen molar-refractivity contribution in [2.24, 2.45) is 0 Å². The molecular formula is C15H20N2O3. The van der Waals surface area contributed by atoms with Crippen molar-refractivity contribution in [1.29, 1.82) is 0 Å². The molecule has 5 nitrogen and oxygen atoms in total. The highest BCUT2D eigenvalue weighted by atomic mass is 16.4. The van der Waals surface area contributed by atoms with Gasteiger partial charge in [-0.05, 0) is 25.0 Å². The lowest BCUT2D eigenvalue weighted by Gasteiger charge is -2.10. The lowest BCUT2D eigenvalue weighted by Crippen LogP contribution is -2.16. The SMILES string of the molecule is CCCCCC(=CC(=O)O)C(=O)Nc1ccccc1N. The first-order valence-corrected chi connectivity index (χ1v) is 6.64. The van der Waals surface area contributed by atoms with Crippen molar-refractivity contribution in [1.82, 2.24) is 0 Å². The molecule has 0 bridgehead atoms. The number of aliphatic carboxylic acids is 1. The summed E-state index contributed by atoms with van der Waals surface area (Å²) in [5.41, 5.74) is 6.94. The van der Waals surface area contributed by atoms with Gasteiger partial charge in [0.1, 0.15) is 0 Å². The summed E-state index contributed by atoms with van der Waals surface area (Å²) in [7, 11) is 0. The van der Waals surface area contributed by atoms with Crippen LogP contribution in [0.1, 0.15) is 32.6 Å². The average molecular weight is 276 g/mol. The first kappa shape index (κ1) is 15.8. The Kier molecular flexibility index (Phi) is 6.29. The number of rotatable bonds is 7. The molecule has 0 aliphatic heterocycles. The lowest BCUT2D eigenvalue weighted by atomic mass is 10.1. The maximum Gasteiger partial charge on any atom is 0.328 e. The standard InChI is InChI=1S/C15H20N2O3/c1-2-3-4-7-11(10-14(18)19)15(20)17-13-9-6-5-8-12(13)16/h5-6,8-10H,2-4,7,16H2,1H3,(H,17,20)(H,18,19). The molecule has 1 aromatic rings. The maximum atomic E-state index is 12.1. The molecule has 1 rings (SSSR count). The van der Waals surface area contributed by atoms with E-state index in [4.69, 9.17) is 10.8 Å². The van der Waals surface area contributed by atoms with Crippen LogP contribution in [0.25, 0.3) is 0 Å². The van der Waals surface area contributed by atoms with Crippen molar-refractivity contribution >= 4 is 23.3 Å². The molecule has 1 aromatic carbocycles. The van der Waals surface area contributed by atoms with Gasteiger partial charge < -0.3 is 16.2 Å². The van der Waals surface area contributed by atoms with Crippen LogP contribution in [-0.4, -0.2) is 17.0 Å². The van der Waals surface area contributed by atoms with Gasteiger partial charge in [0.15, 0.2) is 0 Å². The van der Waals surface area contributed by atoms with Crippen molar-refractivity contribution in [3.8, 4) is 0 Å². The normalized spacial score (nSPS) is 11.2. The number of carbonyl (C=O) groups is 2. The van der Waals surface area contributed by atoms with E-state index in [9.17, 15) is 9.59 Å². The number of benzene rings is 1. The van der Waals surface area contributed by atoms with E-state index in [2.05, 4.69) is 5.32 Å². The fourth-order valence-electron chi connectivity index (χ4n) is 1.78. The molecule has 0 radical (unpaired) electrons. The van der Waals surface area contributed by atoms with Gasteiger partial charge in [-0.15, -0.1) is 0 Å². The van der Waals surface area contributed by atoms with Crippen LogP contribution in [0, 0.1) is 0 Å². The fourth-order valence-corrected chi connectivity index (χ4v) is 1.78. The third-order valence-electron chi connectivity index (χ3n) is 2.85. The minimum absolute atomic E-state index is 0.259. The molecule has 0 saturated carbocycles.